The van der Waals surface area contributed by atoms with Gasteiger partial charge in [-0.3, -0.25) is 0 Å². The van der Waals surface area contributed by atoms with Crippen LogP contribution in [0, 0.1) is 5.82 Å². The normalized spacial score (nSPS) is 18.8. The van der Waals surface area contributed by atoms with Gasteiger partial charge in [-0.05, 0) is 36.8 Å². The van der Waals surface area contributed by atoms with Gasteiger partial charge in [0.15, 0.2) is 0 Å². The molecule has 1 aromatic rings. The van der Waals surface area contributed by atoms with Crippen molar-refractivity contribution in [2.75, 3.05) is 12.8 Å². The highest BCUT2D eigenvalue weighted by Gasteiger charge is 2.30. The third kappa shape index (κ3) is 3.72. The van der Waals surface area contributed by atoms with E-state index in [-0.39, 0.29) is 5.82 Å². The summed E-state index contributed by atoms with van der Waals surface area (Å²) in [7, 11) is 0. The molecule has 1 N–H and O–H groups in total. The summed E-state index contributed by atoms with van der Waals surface area (Å²) >= 11 is 1.99. The van der Waals surface area contributed by atoms with E-state index in [2.05, 4.69) is 11.6 Å². The molecular weight excluding hydrogens is 245 g/mol. The summed E-state index contributed by atoms with van der Waals surface area (Å²) in [5.41, 5.74) is 1.03. The van der Waals surface area contributed by atoms with Crippen LogP contribution >= 0.6 is 11.8 Å². The molecule has 0 unspecified atom stereocenters. The molecule has 1 saturated carbocycles. The van der Waals surface area contributed by atoms with E-state index in [0.717, 1.165) is 18.7 Å². The van der Waals surface area contributed by atoms with Crippen molar-refractivity contribution in [3.8, 4) is 0 Å². The molecule has 1 aliphatic rings. The van der Waals surface area contributed by atoms with Crippen LogP contribution < -0.4 is 5.32 Å². The highest BCUT2D eigenvalue weighted by Crippen LogP contribution is 2.37. The summed E-state index contributed by atoms with van der Waals surface area (Å²) < 4.78 is 13.5. The Balaban J connectivity index is 1.83. The van der Waals surface area contributed by atoms with Crippen LogP contribution in [0.2, 0.25) is 0 Å². The highest BCUT2D eigenvalue weighted by atomic mass is 32.2. The number of hydrogen-bond acceptors (Lipinski definition) is 2. The molecule has 2 rings (SSSR count). The van der Waals surface area contributed by atoms with Crippen molar-refractivity contribution in [3.05, 3.63) is 35.6 Å². The van der Waals surface area contributed by atoms with E-state index in [1.165, 1.54) is 38.2 Å². The van der Waals surface area contributed by atoms with Crippen LogP contribution in [-0.4, -0.2) is 17.5 Å². The predicted octanol–water partition coefficient (Wildman–Crippen LogP) is 3.98. The van der Waals surface area contributed by atoms with Gasteiger partial charge in [-0.2, -0.15) is 11.8 Å². The third-order valence-electron chi connectivity index (χ3n) is 3.86. The number of hydrogen-bond donors (Lipinski definition) is 1. The number of benzene rings is 1. The third-order valence-corrected chi connectivity index (χ3v) is 5.28. The molecule has 1 aliphatic carbocycles. The zero-order valence-electron chi connectivity index (χ0n) is 11.0. The first-order valence-electron chi connectivity index (χ1n) is 6.74. The zero-order chi connectivity index (χ0) is 12.8. The summed E-state index contributed by atoms with van der Waals surface area (Å²) in [4.78, 5) is 0. The van der Waals surface area contributed by atoms with Gasteiger partial charge in [-0.15, -0.1) is 0 Å². The van der Waals surface area contributed by atoms with Crippen LogP contribution in [0.15, 0.2) is 24.3 Å². The van der Waals surface area contributed by atoms with E-state index in [9.17, 15) is 4.39 Å². The average molecular weight is 267 g/mol. The second-order valence-electron chi connectivity index (χ2n) is 5.18. The maximum atomic E-state index is 13.1. The van der Waals surface area contributed by atoms with E-state index in [0.29, 0.717) is 4.75 Å². The number of thioether (sulfide) groups is 1. The van der Waals surface area contributed by atoms with Gasteiger partial charge < -0.3 is 5.32 Å². The first-order valence-corrected chi connectivity index (χ1v) is 7.97. The van der Waals surface area contributed by atoms with Gasteiger partial charge in [0.1, 0.15) is 5.82 Å². The van der Waals surface area contributed by atoms with Crippen molar-refractivity contribution in [1.29, 1.82) is 0 Å². The maximum Gasteiger partial charge on any atom is 0.123 e. The van der Waals surface area contributed by atoms with Gasteiger partial charge in [0.25, 0.3) is 0 Å². The molecule has 100 valence electrons. The number of halogens is 1. The molecule has 0 radical (unpaired) electrons. The summed E-state index contributed by atoms with van der Waals surface area (Å²) in [6, 6.07) is 6.85. The predicted molar refractivity (Wildman–Crippen MR) is 77.4 cm³/mol. The van der Waals surface area contributed by atoms with Crippen LogP contribution in [0.1, 0.15) is 37.7 Å². The lowest BCUT2D eigenvalue weighted by atomic mass is 9.88. The fourth-order valence-corrected chi connectivity index (χ4v) is 3.67. The van der Waals surface area contributed by atoms with Crippen molar-refractivity contribution >= 4 is 11.8 Å². The second kappa shape index (κ2) is 6.58. The van der Waals surface area contributed by atoms with Crippen molar-refractivity contribution in [2.45, 2.75) is 43.4 Å². The summed E-state index contributed by atoms with van der Waals surface area (Å²) in [6.07, 6.45) is 8.92. The highest BCUT2D eigenvalue weighted by molar-refractivity contribution is 8.00. The molecule has 0 saturated heterocycles. The van der Waals surface area contributed by atoms with E-state index >= 15 is 0 Å². The average Bonchev–Trinajstić information content (AvgIpc) is 2.40. The Morgan fingerprint density at radius 1 is 1.28 bits per heavy atom. The maximum absolute atomic E-state index is 13.1. The topological polar surface area (TPSA) is 12.0 Å². The summed E-state index contributed by atoms with van der Waals surface area (Å²) in [5, 5.41) is 3.50. The fraction of sp³-hybridized carbons (Fsp3) is 0.600. The molecule has 3 heteroatoms. The minimum absolute atomic E-state index is 0.147. The lowest BCUT2D eigenvalue weighted by Gasteiger charge is -2.36. The number of nitrogens with one attached hydrogen (secondary N) is 1. The minimum Gasteiger partial charge on any atom is -0.311 e. The Labute approximate surface area is 114 Å². The van der Waals surface area contributed by atoms with Crippen molar-refractivity contribution in [1.82, 2.24) is 5.32 Å². The monoisotopic (exact) mass is 267 g/mol. The van der Waals surface area contributed by atoms with Crippen molar-refractivity contribution < 1.29 is 4.39 Å². The van der Waals surface area contributed by atoms with Gasteiger partial charge >= 0.3 is 0 Å². The van der Waals surface area contributed by atoms with Crippen LogP contribution in [0.4, 0.5) is 4.39 Å². The van der Waals surface area contributed by atoms with E-state index in [1.807, 2.05) is 17.8 Å². The molecule has 0 amide bonds. The Bertz CT molecular complexity index is 375. The molecule has 0 aromatic heterocycles. The molecule has 0 spiro atoms. The first kappa shape index (κ1) is 13.9. The molecule has 1 fully saturated rings. The van der Waals surface area contributed by atoms with Crippen LogP contribution in [0.5, 0.6) is 0 Å². The smallest absolute Gasteiger partial charge is 0.123 e. The van der Waals surface area contributed by atoms with E-state index in [1.54, 1.807) is 12.1 Å². The molecule has 0 bridgehead atoms. The van der Waals surface area contributed by atoms with Crippen molar-refractivity contribution in [2.24, 2.45) is 0 Å². The summed E-state index contributed by atoms with van der Waals surface area (Å²) in [6.45, 7) is 1.80. The van der Waals surface area contributed by atoms with Crippen LogP contribution in [0.25, 0.3) is 0 Å². The van der Waals surface area contributed by atoms with Gasteiger partial charge in [-0.25, -0.2) is 4.39 Å². The molecule has 1 aromatic carbocycles. The second-order valence-corrected chi connectivity index (χ2v) is 6.46. The Morgan fingerprint density at radius 2 is 2.06 bits per heavy atom. The van der Waals surface area contributed by atoms with Gasteiger partial charge in [0.05, 0.1) is 0 Å². The Hall–Kier alpha value is -0.540. The lowest BCUT2D eigenvalue weighted by Crippen LogP contribution is -2.39. The lowest BCUT2D eigenvalue weighted by molar-refractivity contribution is 0.379. The quantitative estimate of drug-likeness (QED) is 0.866. The zero-order valence-corrected chi connectivity index (χ0v) is 11.9. The SMILES string of the molecule is CSC1(CNCc2cccc(F)c2)CCCCC1. The Morgan fingerprint density at radius 3 is 2.72 bits per heavy atom. The molecule has 1 nitrogen and oxygen atoms in total. The summed E-state index contributed by atoms with van der Waals surface area (Å²) in [5.74, 6) is -0.147. The Kier molecular flexibility index (Phi) is 5.07. The van der Waals surface area contributed by atoms with Crippen LogP contribution in [0.3, 0.4) is 0 Å². The number of rotatable bonds is 5. The largest absolute Gasteiger partial charge is 0.311 e. The van der Waals surface area contributed by atoms with Gasteiger partial charge in [0, 0.05) is 17.8 Å². The van der Waals surface area contributed by atoms with E-state index in [4.69, 9.17) is 0 Å². The molecule has 0 aliphatic heterocycles. The molecule has 18 heavy (non-hydrogen) atoms. The minimum atomic E-state index is -0.147. The molecule has 0 heterocycles. The van der Waals surface area contributed by atoms with E-state index < -0.39 is 0 Å². The first-order chi connectivity index (χ1) is 8.74. The van der Waals surface area contributed by atoms with Gasteiger partial charge in [-0.1, -0.05) is 31.4 Å². The van der Waals surface area contributed by atoms with Crippen molar-refractivity contribution in [3.63, 3.8) is 0 Å². The molecule has 0 atom stereocenters. The standard InChI is InChI=1S/C15H22FNS/c1-18-15(8-3-2-4-9-15)12-17-11-13-6-5-7-14(16)10-13/h5-7,10,17H,2-4,8-9,11-12H2,1H3. The van der Waals surface area contributed by atoms with Gasteiger partial charge in [0.2, 0.25) is 0 Å². The fourth-order valence-electron chi connectivity index (χ4n) is 2.73. The molecular formula is C15H22FNS. The van der Waals surface area contributed by atoms with Crippen LogP contribution in [-0.2, 0) is 6.54 Å².